The summed E-state index contributed by atoms with van der Waals surface area (Å²) in [5.41, 5.74) is 9.40. The van der Waals surface area contributed by atoms with Crippen molar-refractivity contribution in [1.29, 1.82) is 0 Å². The minimum Gasteiger partial charge on any atom is -0.256 e. The molecule has 10 rings (SSSR count). The SMILES string of the molecule is c1ccc2cc(-c3ccc(-c4nc(-c5ccc(-c6cccc7ccccc67)cc5)nc(-c5ccc(-c6cccc7ccccc67)cc5)n4)cc3)ncc2c1. The first-order valence-corrected chi connectivity index (χ1v) is 18.1. The first-order chi connectivity index (χ1) is 26.7. The van der Waals surface area contributed by atoms with Crippen molar-refractivity contribution in [3.63, 3.8) is 0 Å². The Bertz CT molecular complexity index is 2820. The van der Waals surface area contributed by atoms with Crippen LogP contribution in [0.25, 0.3) is 100.0 Å². The van der Waals surface area contributed by atoms with Crippen LogP contribution in [0.4, 0.5) is 0 Å². The standard InChI is InChI=1S/C50H32N4/c1-2-12-42-32-51-47(31-41(42)11-1)37-23-29-40(30-24-37)50-53-48(38-25-19-35(20-26-38)45-17-7-13-33-9-3-5-15-43(33)45)52-49(54-50)39-27-21-36(22-28-39)46-18-8-14-34-10-4-6-16-44(34)46/h1-32H. The summed E-state index contributed by atoms with van der Waals surface area (Å²) in [4.78, 5) is 19.9. The fourth-order valence-corrected chi connectivity index (χ4v) is 7.35. The Morgan fingerprint density at radius 3 is 1.13 bits per heavy atom. The van der Waals surface area contributed by atoms with Gasteiger partial charge < -0.3 is 0 Å². The van der Waals surface area contributed by atoms with Crippen LogP contribution in [0.3, 0.4) is 0 Å². The molecule has 0 aliphatic carbocycles. The van der Waals surface area contributed by atoms with E-state index in [1.807, 2.05) is 12.3 Å². The van der Waals surface area contributed by atoms with Crippen LogP contribution in [0.15, 0.2) is 194 Å². The summed E-state index contributed by atoms with van der Waals surface area (Å²) in [6.45, 7) is 0. The Hall–Kier alpha value is -7.30. The molecule has 10 aromatic rings. The molecule has 4 nitrogen and oxygen atoms in total. The molecule has 0 amide bonds. The monoisotopic (exact) mass is 688 g/mol. The van der Waals surface area contributed by atoms with Gasteiger partial charge >= 0.3 is 0 Å². The van der Waals surface area contributed by atoms with E-state index in [0.29, 0.717) is 17.5 Å². The number of hydrogen-bond acceptors (Lipinski definition) is 4. The molecule has 252 valence electrons. The molecule has 54 heavy (non-hydrogen) atoms. The second-order valence-electron chi connectivity index (χ2n) is 13.5. The van der Waals surface area contributed by atoms with E-state index in [9.17, 15) is 0 Å². The van der Waals surface area contributed by atoms with Gasteiger partial charge in [-0.25, -0.2) is 15.0 Å². The Morgan fingerprint density at radius 2 is 0.648 bits per heavy atom. The van der Waals surface area contributed by atoms with Gasteiger partial charge in [0.15, 0.2) is 17.5 Å². The van der Waals surface area contributed by atoms with Gasteiger partial charge in [-0.1, -0.05) is 182 Å². The lowest BCUT2D eigenvalue weighted by atomic mass is 9.97. The Kier molecular flexibility index (Phi) is 7.77. The average Bonchev–Trinajstić information content (AvgIpc) is 3.26. The van der Waals surface area contributed by atoms with E-state index in [4.69, 9.17) is 19.9 Å². The molecule has 0 unspecified atom stereocenters. The predicted octanol–water partition coefficient (Wildman–Crippen LogP) is 12.7. The van der Waals surface area contributed by atoms with Crippen molar-refractivity contribution in [2.75, 3.05) is 0 Å². The summed E-state index contributed by atoms with van der Waals surface area (Å²) < 4.78 is 0. The zero-order chi connectivity index (χ0) is 35.8. The molecule has 0 atom stereocenters. The fraction of sp³-hybridized carbons (Fsp3) is 0. The van der Waals surface area contributed by atoms with E-state index < -0.39 is 0 Å². The zero-order valence-electron chi connectivity index (χ0n) is 29.3. The van der Waals surface area contributed by atoms with Crippen molar-refractivity contribution in [2.24, 2.45) is 0 Å². The van der Waals surface area contributed by atoms with Crippen molar-refractivity contribution in [3.05, 3.63) is 194 Å². The molecule has 4 heteroatoms. The second kappa shape index (κ2) is 13.4. The highest BCUT2D eigenvalue weighted by Gasteiger charge is 2.14. The number of benzene rings is 8. The molecule has 0 spiro atoms. The smallest absolute Gasteiger partial charge is 0.164 e. The maximum atomic E-state index is 5.07. The molecular formula is C50H32N4. The molecule has 0 saturated carbocycles. The van der Waals surface area contributed by atoms with Gasteiger partial charge in [0.25, 0.3) is 0 Å². The van der Waals surface area contributed by atoms with Gasteiger partial charge in [0.2, 0.25) is 0 Å². The van der Waals surface area contributed by atoms with Crippen molar-refractivity contribution < 1.29 is 0 Å². The van der Waals surface area contributed by atoms with Gasteiger partial charge in [0.05, 0.1) is 5.69 Å². The van der Waals surface area contributed by atoms with E-state index in [1.165, 1.54) is 32.7 Å². The molecule has 2 heterocycles. The van der Waals surface area contributed by atoms with Gasteiger partial charge in [0.1, 0.15) is 0 Å². The molecule has 2 aromatic heterocycles. The van der Waals surface area contributed by atoms with Crippen molar-refractivity contribution >= 4 is 32.3 Å². The van der Waals surface area contributed by atoms with Gasteiger partial charge in [-0.3, -0.25) is 4.98 Å². The fourth-order valence-electron chi connectivity index (χ4n) is 7.35. The Balaban J connectivity index is 1.04. The third kappa shape index (κ3) is 5.86. The van der Waals surface area contributed by atoms with Gasteiger partial charge in [0, 0.05) is 33.8 Å². The first kappa shape index (κ1) is 31.4. The maximum Gasteiger partial charge on any atom is 0.164 e. The lowest BCUT2D eigenvalue weighted by molar-refractivity contribution is 1.07. The number of hydrogen-bond donors (Lipinski definition) is 0. The van der Waals surface area contributed by atoms with Crippen LogP contribution in [0.5, 0.6) is 0 Å². The van der Waals surface area contributed by atoms with E-state index in [1.54, 1.807) is 0 Å². The topological polar surface area (TPSA) is 51.6 Å². The normalized spacial score (nSPS) is 11.3. The van der Waals surface area contributed by atoms with Crippen molar-refractivity contribution in [2.45, 2.75) is 0 Å². The molecule has 0 aliphatic rings. The van der Waals surface area contributed by atoms with E-state index in [0.717, 1.165) is 49.8 Å². The van der Waals surface area contributed by atoms with Crippen LogP contribution in [0.1, 0.15) is 0 Å². The summed E-state index contributed by atoms with van der Waals surface area (Å²) in [7, 11) is 0. The first-order valence-electron chi connectivity index (χ1n) is 18.1. The third-order valence-electron chi connectivity index (χ3n) is 10.2. The predicted molar refractivity (Wildman–Crippen MR) is 223 cm³/mol. The summed E-state index contributed by atoms with van der Waals surface area (Å²) in [6, 6.07) is 65.7. The summed E-state index contributed by atoms with van der Waals surface area (Å²) >= 11 is 0. The molecule has 0 radical (unpaired) electrons. The van der Waals surface area contributed by atoms with Gasteiger partial charge in [-0.15, -0.1) is 0 Å². The summed E-state index contributed by atoms with van der Waals surface area (Å²) in [5, 5.41) is 7.19. The number of pyridine rings is 1. The van der Waals surface area contributed by atoms with Crippen LogP contribution in [-0.4, -0.2) is 19.9 Å². The van der Waals surface area contributed by atoms with Crippen molar-refractivity contribution in [1.82, 2.24) is 19.9 Å². The Morgan fingerprint density at radius 1 is 0.278 bits per heavy atom. The minimum atomic E-state index is 0.615. The third-order valence-corrected chi connectivity index (χ3v) is 10.2. The van der Waals surface area contributed by atoms with E-state index >= 15 is 0 Å². The lowest BCUT2D eigenvalue weighted by Crippen LogP contribution is -2.00. The summed E-state index contributed by atoms with van der Waals surface area (Å²) in [5.74, 6) is 1.86. The molecule has 0 aliphatic heterocycles. The van der Waals surface area contributed by atoms with Gasteiger partial charge in [-0.05, 0) is 55.3 Å². The average molecular weight is 689 g/mol. The highest BCUT2D eigenvalue weighted by atomic mass is 15.0. The van der Waals surface area contributed by atoms with Crippen LogP contribution < -0.4 is 0 Å². The number of fused-ring (bicyclic) bond motifs is 3. The molecule has 0 fully saturated rings. The molecule has 0 bridgehead atoms. The van der Waals surface area contributed by atoms with Crippen LogP contribution in [-0.2, 0) is 0 Å². The highest BCUT2D eigenvalue weighted by Crippen LogP contribution is 2.33. The quantitative estimate of drug-likeness (QED) is 0.174. The number of aromatic nitrogens is 4. The van der Waals surface area contributed by atoms with Crippen LogP contribution in [0, 0.1) is 0 Å². The second-order valence-corrected chi connectivity index (χ2v) is 13.5. The molecule has 0 N–H and O–H groups in total. The van der Waals surface area contributed by atoms with E-state index in [-0.39, 0.29) is 0 Å². The molecule has 8 aromatic carbocycles. The highest BCUT2D eigenvalue weighted by molar-refractivity contribution is 5.98. The zero-order valence-corrected chi connectivity index (χ0v) is 29.3. The van der Waals surface area contributed by atoms with Crippen molar-refractivity contribution in [3.8, 4) is 67.7 Å². The lowest BCUT2D eigenvalue weighted by Gasteiger charge is -2.11. The largest absolute Gasteiger partial charge is 0.256 e. The number of nitrogens with zero attached hydrogens (tertiary/aromatic N) is 4. The van der Waals surface area contributed by atoms with Crippen LogP contribution in [0.2, 0.25) is 0 Å². The van der Waals surface area contributed by atoms with Gasteiger partial charge in [-0.2, -0.15) is 0 Å². The molecular weight excluding hydrogens is 657 g/mol. The van der Waals surface area contributed by atoms with E-state index in [2.05, 4.69) is 182 Å². The maximum absolute atomic E-state index is 5.07. The number of rotatable bonds is 6. The molecule has 0 saturated heterocycles. The van der Waals surface area contributed by atoms with Crippen LogP contribution >= 0.6 is 0 Å². The minimum absolute atomic E-state index is 0.615. The summed E-state index contributed by atoms with van der Waals surface area (Å²) in [6.07, 6.45) is 1.93. The Labute approximate surface area is 313 Å².